The number of carboxylic acids is 1. The summed E-state index contributed by atoms with van der Waals surface area (Å²) in [5.41, 5.74) is 0.581. The lowest BCUT2D eigenvalue weighted by Crippen LogP contribution is -2.53. The molecular weight excluding hydrogens is 545 g/mol. The van der Waals surface area contributed by atoms with Gasteiger partial charge in [-0.2, -0.15) is 13.2 Å². The molecule has 0 aliphatic carbocycles. The number of benzene rings is 3. The molecule has 0 aliphatic heterocycles. The maximum absolute atomic E-state index is 13.1. The van der Waals surface area contributed by atoms with Crippen LogP contribution in [0.25, 0.3) is 0 Å². The number of hydrogen-bond donors (Lipinski definition) is 3. The minimum atomic E-state index is -4.56. The third-order valence-corrected chi connectivity index (χ3v) is 5.78. The van der Waals surface area contributed by atoms with Crippen molar-refractivity contribution < 1.29 is 46.9 Å². The van der Waals surface area contributed by atoms with Gasteiger partial charge in [0.05, 0.1) is 5.56 Å². The number of esters is 1. The van der Waals surface area contributed by atoms with Crippen LogP contribution in [0.4, 0.5) is 18.0 Å². The van der Waals surface area contributed by atoms with Gasteiger partial charge in [0.1, 0.15) is 24.4 Å². The second-order valence-corrected chi connectivity index (χ2v) is 9.00. The second kappa shape index (κ2) is 14.0. The minimum Gasteiger partial charge on any atom is -0.480 e. The Labute approximate surface area is 233 Å². The number of alkyl carbamates (subject to hydrolysis) is 1. The molecule has 0 saturated heterocycles. The zero-order valence-corrected chi connectivity index (χ0v) is 21.8. The Balaban J connectivity index is 1.72. The van der Waals surface area contributed by atoms with Gasteiger partial charge >= 0.3 is 24.2 Å². The molecule has 216 valence electrons. The highest BCUT2D eigenvalue weighted by atomic mass is 19.4. The van der Waals surface area contributed by atoms with Crippen LogP contribution in [0.5, 0.6) is 5.75 Å². The maximum Gasteiger partial charge on any atom is 0.416 e. The van der Waals surface area contributed by atoms with Crippen LogP contribution in [-0.4, -0.2) is 41.1 Å². The van der Waals surface area contributed by atoms with Gasteiger partial charge in [0.25, 0.3) is 0 Å². The number of aliphatic carboxylic acids is 1. The molecule has 3 rings (SSSR count). The summed E-state index contributed by atoms with van der Waals surface area (Å²) in [6, 6.07) is 16.0. The average molecular weight is 573 g/mol. The summed E-state index contributed by atoms with van der Waals surface area (Å²) in [5, 5.41) is 14.4. The van der Waals surface area contributed by atoms with E-state index in [4.69, 9.17) is 9.47 Å². The molecule has 0 bridgehead atoms. The number of carboxylic acid groups (broad SMARTS) is 1. The number of carbonyl (C=O) groups excluding carboxylic acids is 3. The normalized spacial score (nSPS) is 12.5. The zero-order valence-electron chi connectivity index (χ0n) is 21.8. The Kier molecular flexibility index (Phi) is 10.4. The molecule has 0 heterocycles. The number of carbonyl (C=O) groups is 4. The summed E-state index contributed by atoms with van der Waals surface area (Å²) in [5.74, 6) is -2.38. The van der Waals surface area contributed by atoms with Crippen molar-refractivity contribution in [1.29, 1.82) is 0 Å². The summed E-state index contributed by atoms with van der Waals surface area (Å²) in [4.78, 5) is 48.6. The minimum absolute atomic E-state index is 0.0390. The summed E-state index contributed by atoms with van der Waals surface area (Å²) in [7, 11) is 0. The number of hydrogen-bond acceptors (Lipinski definition) is 6. The first-order valence-electron chi connectivity index (χ1n) is 12.3. The molecule has 0 spiro atoms. The standard InChI is InChI=1S/C29H27F3N2O7/c1-18(35)41-23-13-9-21(10-14-23)17-40-28(39)34-24(15-20-7-11-22(12-8-20)29(30,31)32)26(36)33-25(27(37)38)16-19-5-3-2-4-6-19/h2-14,24-25H,15-17H2,1H3,(H,33,36)(H,34,39)(H,37,38)/t24-,25-/m0/s1. The van der Waals surface area contributed by atoms with E-state index in [2.05, 4.69) is 10.6 Å². The quantitative estimate of drug-likeness (QED) is 0.231. The van der Waals surface area contributed by atoms with Crippen molar-refractivity contribution in [2.24, 2.45) is 0 Å². The van der Waals surface area contributed by atoms with Gasteiger partial charge in [-0.25, -0.2) is 9.59 Å². The first-order chi connectivity index (χ1) is 19.4. The fourth-order valence-corrected chi connectivity index (χ4v) is 3.75. The molecule has 0 fully saturated rings. The van der Waals surface area contributed by atoms with Gasteiger partial charge < -0.3 is 25.2 Å². The van der Waals surface area contributed by atoms with Crippen LogP contribution in [0.2, 0.25) is 0 Å². The van der Waals surface area contributed by atoms with Gasteiger partial charge in [-0.3, -0.25) is 9.59 Å². The van der Waals surface area contributed by atoms with Crippen LogP contribution < -0.4 is 15.4 Å². The van der Waals surface area contributed by atoms with E-state index in [1.54, 1.807) is 42.5 Å². The Morgan fingerprint density at radius 3 is 1.90 bits per heavy atom. The lowest BCUT2D eigenvalue weighted by Gasteiger charge is -2.22. The van der Waals surface area contributed by atoms with Crippen LogP contribution >= 0.6 is 0 Å². The first kappa shape index (κ1) is 30.7. The summed E-state index contributed by atoms with van der Waals surface area (Å²) >= 11 is 0. The van der Waals surface area contributed by atoms with E-state index in [9.17, 15) is 37.5 Å². The average Bonchev–Trinajstić information content (AvgIpc) is 2.92. The van der Waals surface area contributed by atoms with Gasteiger partial charge in [-0.15, -0.1) is 0 Å². The highest BCUT2D eigenvalue weighted by Crippen LogP contribution is 2.29. The lowest BCUT2D eigenvalue weighted by atomic mass is 10.0. The maximum atomic E-state index is 13.1. The fraction of sp³-hybridized carbons (Fsp3) is 0.241. The third kappa shape index (κ3) is 9.99. The van der Waals surface area contributed by atoms with Crippen molar-refractivity contribution in [3.05, 3.63) is 101 Å². The van der Waals surface area contributed by atoms with Crippen LogP contribution in [0, 0.1) is 0 Å². The summed E-state index contributed by atoms with van der Waals surface area (Å²) in [6.07, 6.45) is -5.85. The van der Waals surface area contributed by atoms with E-state index in [-0.39, 0.29) is 25.0 Å². The number of nitrogens with one attached hydrogen (secondary N) is 2. The van der Waals surface area contributed by atoms with E-state index >= 15 is 0 Å². The molecule has 0 radical (unpaired) electrons. The van der Waals surface area contributed by atoms with E-state index in [1.807, 2.05) is 0 Å². The molecule has 9 nitrogen and oxygen atoms in total. The second-order valence-electron chi connectivity index (χ2n) is 9.00. The first-order valence-corrected chi connectivity index (χ1v) is 12.3. The van der Waals surface area contributed by atoms with Crippen LogP contribution in [0.1, 0.15) is 29.2 Å². The van der Waals surface area contributed by atoms with Gasteiger partial charge in [0.15, 0.2) is 0 Å². The molecule has 2 atom stereocenters. The predicted molar refractivity (Wildman–Crippen MR) is 140 cm³/mol. The topological polar surface area (TPSA) is 131 Å². The molecular formula is C29H27F3N2O7. The number of alkyl halides is 3. The molecule has 3 aromatic carbocycles. The number of ether oxygens (including phenoxy) is 2. The molecule has 0 aliphatic rings. The Bertz CT molecular complexity index is 1350. The third-order valence-electron chi connectivity index (χ3n) is 5.78. The Hall–Kier alpha value is -4.87. The van der Waals surface area contributed by atoms with E-state index < -0.39 is 47.8 Å². The van der Waals surface area contributed by atoms with Gasteiger partial charge in [0.2, 0.25) is 5.91 Å². The van der Waals surface area contributed by atoms with Crippen LogP contribution in [0.15, 0.2) is 78.9 Å². The van der Waals surface area contributed by atoms with Gasteiger partial charge in [-0.1, -0.05) is 54.6 Å². The van der Waals surface area contributed by atoms with Crippen LogP contribution in [0.3, 0.4) is 0 Å². The predicted octanol–water partition coefficient (Wildman–Crippen LogP) is 4.28. The molecule has 0 aromatic heterocycles. The zero-order chi connectivity index (χ0) is 30.0. The molecule has 0 saturated carbocycles. The molecule has 41 heavy (non-hydrogen) atoms. The number of amides is 2. The van der Waals surface area contributed by atoms with Crippen molar-refractivity contribution in [3.8, 4) is 5.75 Å². The van der Waals surface area contributed by atoms with Crippen LogP contribution in [-0.2, 0) is 44.7 Å². The molecule has 0 unspecified atom stereocenters. The number of halogens is 3. The van der Waals surface area contributed by atoms with E-state index in [0.29, 0.717) is 16.9 Å². The Morgan fingerprint density at radius 2 is 1.34 bits per heavy atom. The van der Waals surface area contributed by atoms with E-state index in [1.165, 1.54) is 31.2 Å². The molecule has 12 heteroatoms. The lowest BCUT2D eigenvalue weighted by molar-refractivity contribution is -0.142. The fourth-order valence-electron chi connectivity index (χ4n) is 3.75. The van der Waals surface area contributed by atoms with Crippen molar-refractivity contribution in [1.82, 2.24) is 10.6 Å². The Morgan fingerprint density at radius 1 is 0.780 bits per heavy atom. The smallest absolute Gasteiger partial charge is 0.416 e. The van der Waals surface area contributed by atoms with Crippen molar-refractivity contribution in [2.75, 3.05) is 0 Å². The number of rotatable bonds is 11. The van der Waals surface area contributed by atoms with Crippen molar-refractivity contribution in [2.45, 2.75) is 44.6 Å². The highest BCUT2D eigenvalue weighted by Gasteiger charge is 2.31. The SMILES string of the molecule is CC(=O)Oc1ccc(COC(=O)N[C@@H](Cc2ccc(C(F)(F)F)cc2)C(=O)N[C@@H](Cc2ccccc2)C(=O)O)cc1. The molecule has 3 aromatic rings. The van der Waals surface area contributed by atoms with Crippen molar-refractivity contribution >= 4 is 23.9 Å². The van der Waals surface area contributed by atoms with Gasteiger partial charge in [0, 0.05) is 19.8 Å². The highest BCUT2D eigenvalue weighted by molar-refractivity contribution is 5.89. The summed E-state index contributed by atoms with van der Waals surface area (Å²) < 4.78 is 49.0. The van der Waals surface area contributed by atoms with Crippen molar-refractivity contribution in [3.63, 3.8) is 0 Å². The molecule has 2 amide bonds. The largest absolute Gasteiger partial charge is 0.480 e. The van der Waals surface area contributed by atoms with Gasteiger partial charge in [-0.05, 0) is 41.0 Å². The summed E-state index contributed by atoms with van der Waals surface area (Å²) in [6.45, 7) is 1.03. The molecule has 3 N–H and O–H groups in total. The van der Waals surface area contributed by atoms with E-state index in [0.717, 1.165) is 12.1 Å². The monoisotopic (exact) mass is 572 g/mol.